The molecular weight excluding hydrogens is 336 g/mol. The molecule has 0 aliphatic carbocycles. The topological polar surface area (TPSA) is 119 Å². The van der Waals surface area contributed by atoms with Crippen molar-refractivity contribution < 1.29 is 24.4 Å². The first-order chi connectivity index (χ1) is 11.3. The van der Waals surface area contributed by atoms with Crippen molar-refractivity contribution >= 4 is 29.3 Å². The highest BCUT2D eigenvalue weighted by Gasteiger charge is 2.27. The molecule has 8 nitrogen and oxygen atoms in total. The molecule has 0 radical (unpaired) electrons. The Hall–Kier alpha value is -2.55. The minimum Gasteiger partial charge on any atom is -0.495 e. The van der Waals surface area contributed by atoms with E-state index >= 15 is 0 Å². The largest absolute Gasteiger partial charge is 0.495 e. The molecule has 0 fully saturated rings. The van der Waals surface area contributed by atoms with Crippen LogP contribution in [-0.4, -0.2) is 41.3 Å². The fourth-order valence-electron chi connectivity index (χ4n) is 1.93. The predicted molar refractivity (Wildman–Crippen MR) is 89.8 cm³/mol. The van der Waals surface area contributed by atoms with Crippen LogP contribution in [0.15, 0.2) is 29.2 Å². The van der Waals surface area contributed by atoms with Crippen molar-refractivity contribution in [1.29, 1.82) is 0 Å². The van der Waals surface area contributed by atoms with Crippen molar-refractivity contribution in [2.75, 3.05) is 13.4 Å². The number of carbonyl (C=O) groups excluding carboxylic acids is 1. The van der Waals surface area contributed by atoms with Crippen molar-refractivity contribution in [3.8, 4) is 5.75 Å². The highest BCUT2D eigenvalue weighted by molar-refractivity contribution is 7.98. The average Bonchev–Trinajstić information content (AvgIpc) is 2.56. The number of allylic oxidation sites excluding steroid dienone is 1. The maximum absolute atomic E-state index is 12.4. The van der Waals surface area contributed by atoms with E-state index in [2.05, 4.69) is 5.32 Å². The number of aliphatic carboxylic acids is 1. The number of thioether (sulfide) groups is 1. The number of amides is 1. The lowest BCUT2D eigenvalue weighted by atomic mass is 10.1. The van der Waals surface area contributed by atoms with E-state index in [0.717, 1.165) is 6.07 Å². The zero-order chi connectivity index (χ0) is 18.3. The minimum absolute atomic E-state index is 0.0803. The van der Waals surface area contributed by atoms with Crippen LogP contribution < -0.4 is 10.1 Å². The Balaban J connectivity index is 3.24. The van der Waals surface area contributed by atoms with Gasteiger partial charge in [-0.2, -0.15) is 0 Å². The highest BCUT2D eigenvalue weighted by Crippen LogP contribution is 2.34. The van der Waals surface area contributed by atoms with E-state index in [-0.39, 0.29) is 17.7 Å². The lowest BCUT2D eigenvalue weighted by molar-refractivity contribution is -0.385. The quantitative estimate of drug-likeness (QED) is 0.318. The number of nitrogens with one attached hydrogen (secondary N) is 1. The Labute approximate surface area is 143 Å². The molecule has 24 heavy (non-hydrogen) atoms. The van der Waals surface area contributed by atoms with E-state index in [1.165, 1.54) is 24.9 Å². The molecule has 9 heteroatoms. The number of carboxylic acid groups (broad SMARTS) is 1. The number of ether oxygens (including phenoxy) is 1. The summed E-state index contributed by atoms with van der Waals surface area (Å²) in [6.07, 6.45) is 5.06. The van der Waals surface area contributed by atoms with E-state index < -0.39 is 28.5 Å². The number of hydrogen-bond donors (Lipinski definition) is 2. The fourth-order valence-corrected chi connectivity index (χ4v) is 2.51. The Morgan fingerprint density at radius 3 is 2.62 bits per heavy atom. The molecule has 1 atom stereocenters. The molecular formula is C15H18N2O6S. The van der Waals surface area contributed by atoms with Crippen LogP contribution in [0.2, 0.25) is 0 Å². The van der Waals surface area contributed by atoms with Gasteiger partial charge >= 0.3 is 5.97 Å². The number of carboxylic acids is 1. The Morgan fingerprint density at radius 1 is 1.50 bits per heavy atom. The number of hydrogen-bond acceptors (Lipinski definition) is 6. The molecule has 0 saturated carbocycles. The maximum atomic E-state index is 12.4. The van der Waals surface area contributed by atoms with Gasteiger partial charge in [-0.1, -0.05) is 12.2 Å². The number of carbonyl (C=O) groups is 2. The first-order valence-corrected chi connectivity index (χ1v) is 8.13. The van der Waals surface area contributed by atoms with Gasteiger partial charge in [-0.15, -0.1) is 11.8 Å². The van der Waals surface area contributed by atoms with Gasteiger partial charge in [-0.3, -0.25) is 14.9 Å². The summed E-state index contributed by atoms with van der Waals surface area (Å²) in [6.45, 7) is 1.72. The van der Waals surface area contributed by atoms with Crippen molar-refractivity contribution in [2.45, 2.75) is 24.3 Å². The molecule has 1 unspecified atom stereocenters. The van der Waals surface area contributed by atoms with Gasteiger partial charge in [0.15, 0.2) is 0 Å². The summed E-state index contributed by atoms with van der Waals surface area (Å²) in [5.74, 6) is -1.77. The minimum atomic E-state index is -1.22. The van der Waals surface area contributed by atoms with Crippen LogP contribution in [0.5, 0.6) is 5.75 Å². The van der Waals surface area contributed by atoms with Gasteiger partial charge in [0.05, 0.1) is 23.0 Å². The van der Waals surface area contributed by atoms with E-state index in [4.69, 9.17) is 9.84 Å². The predicted octanol–water partition coefficient (Wildman–Crippen LogP) is 2.47. The summed E-state index contributed by atoms with van der Waals surface area (Å²) in [5.41, 5.74) is -0.658. The molecule has 0 bridgehead atoms. The summed E-state index contributed by atoms with van der Waals surface area (Å²) >= 11 is 1.26. The van der Waals surface area contributed by atoms with Gasteiger partial charge in [0, 0.05) is 0 Å². The summed E-state index contributed by atoms with van der Waals surface area (Å²) in [4.78, 5) is 34.6. The molecule has 2 N–H and O–H groups in total. The normalized spacial score (nSPS) is 12.0. The second-order valence-electron chi connectivity index (χ2n) is 4.65. The SMILES string of the molecule is C/C=C/CC(NC(=O)c1cc(SC)c(OC)cc1[N+](=O)[O-])C(=O)O. The van der Waals surface area contributed by atoms with Gasteiger partial charge in [0.1, 0.15) is 17.4 Å². The molecule has 1 amide bonds. The molecule has 0 aliphatic rings. The van der Waals surface area contributed by atoms with E-state index in [0.29, 0.717) is 4.90 Å². The van der Waals surface area contributed by atoms with E-state index in [9.17, 15) is 19.7 Å². The third kappa shape index (κ3) is 4.72. The van der Waals surface area contributed by atoms with Gasteiger partial charge in [0.25, 0.3) is 11.6 Å². The monoisotopic (exact) mass is 354 g/mol. The maximum Gasteiger partial charge on any atom is 0.326 e. The van der Waals surface area contributed by atoms with Crippen molar-refractivity contribution in [3.05, 3.63) is 40.0 Å². The summed E-state index contributed by atoms with van der Waals surface area (Å²) in [6, 6.07) is 1.31. The van der Waals surface area contributed by atoms with Crippen LogP contribution in [0.1, 0.15) is 23.7 Å². The average molecular weight is 354 g/mol. The summed E-state index contributed by atoms with van der Waals surface area (Å²) in [7, 11) is 1.37. The van der Waals surface area contributed by atoms with Crippen LogP contribution in [0, 0.1) is 10.1 Å². The smallest absolute Gasteiger partial charge is 0.326 e. The standard InChI is InChI=1S/C15H18N2O6S/c1-4-5-6-10(15(19)20)16-14(18)9-7-13(24-3)12(23-2)8-11(9)17(21)22/h4-5,7-8,10H,6H2,1-3H3,(H,16,18)(H,19,20)/b5-4+. The van der Waals surface area contributed by atoms with Crippen LogP contribution in [0.3, 0.4) is 0 Å². The number of rotatable bonds is 8. The Kier molecular flexibility index (Phi) is 7.25. The molecule has 1 rings (SSSR count). The van der Waals surface area contributed by atoms with E-state index in [1.807, 2.05) is 0 Å². The van der Waals surface area contributed by atoms with Crippen LogP contribution >= 0.6 is 11.8 Å². The van der Waals surface area contributed by atoms with Gasteiger partial charge < -0.3 is 15.2 Å². The zero-order valence-electron chi connectivity index (χ0n) is 13.4. The van der Waals surface area contributed by atoms with Crippen LogP contribution in [0.25, 0.3) is 0 Å². The number of methoxy groups -OCH3 is 1. The molecule has 0 aliphatic heterocycles. The van der Waals surface area contributed by atoms with Crippen LogP contribution in [0.4, 0.5) is 5.69 Å². The molecule has 0 spiro atoms. The molecule has 1 aromatic carbocycles. The highest BCUT2D eigenvalue weighted by atomic mass is 32.2. The second kappa shape index (κ2) is 8.92. The van der Waals surface area contributed by atoms with Gasteiger partial charge in [-0.05, 0) is 25.7 Å². The Morgan fingerprint density at radius 2 is 2.17 bits per heavy atom. The molecule has 0 saturated heterocycles. The number of nitro benzene ring substituents is 1. The number of nitro groups is 1. The fraction of sp³-hybridized carbons (Fsp3) is 0.333. The molecule has 0 heterocycles. The number of benzene rings is 1. The lowest BCUT2D eigenvalue weighted by Gasteiger charge is -2.14. The zero-order valence-corrected chi connectivity index (χ0v) is 14.3. The number of nitrogens with zero attached hydrogens (tertiary/aromatic N) is 1. The van der Waals surface area contributed by atoms with Crippen molar-refractivity contribution in [1.82, 2.24) is 5.32 Å². The van der Waals surface area contributed by atoms with Crippen molar-refractivity contribution in [2.24, 2.45) is 0 Å². The van der Waals surface area contributed by atoms with E-state index in [1.54, 1.807) is 25.3 Å². The summed E-state index contributed by atoms with van der Waals surface area (Å²) < 4.78 is 5.07. The molecule has 0 aromatic heterocycles. The third-order valence-corrected chi connectivity index (χ3v) is 3.91. The molecule has 130 valence electrons. The van der Waals surface area contributed by atoms with Gasteiger partial charge in [0.2, 0.25) is 0 Å². The first-order valence-electron chi connectivity index (χ1n) is 6.90. The van der Waals surface area contributed by atoms with Crippen LogP contribution in [-0.2, 0) is 4.79 Å². The molecule has 1 aromatic rings. The van der Waals surface area contributed by atoms with Gasteiger partial charge in [-0.25, -0.2) is 4.79 Å². The second-order valence-corrected chi connectivity index (χ2v) is 5.50. The lowest BCUT2D eigenvalue weighted by Crippen LogP contribution is -2.40. The Bertz CT molecular complexity index is 674. The summed E-state index contributed by atoms with van der Waals surface area (Å²) in [5, 5.41) is 22.7. The van der Waals surface area contributed by atoms with Crippen molar-refractivity contribution in [3.63, 3.8) is 0 Å². The first kappa shape index (κ1) is 19.5. The third-order valence-electron chi connectivity index (χ3n) is 3.15.